The maximum Gasteiger partial charge on any atom is 0.266 e. The smallest absolute Gasteiger partial charge is 0.266 e. The lowest BCUT2D eigenvalue weighted by molar-refractivity contribution is -0.0491. The van der Waals surface area contributed by atoms with Gasteiger partial charge >= 0.3 is 0 Å². The highest BCUT2D eigenvalue weighted by Crippen LogP contribution is 2.32. The van der Waals surface area contributed by atoms with Crippen LogP contribution >= 0.6 is 0 Å². The number of pyridine rings is 1. The normalized spacial score (nSPS) is 18.7. The lowest BCUT2D eigenvalue weighted by Crippen LogP contribution is -2.57. The summed E-state index contributed by atoms with van der Waals surface area (Å²) in [7, 11) is 1.51. The van der Waals surface area contributed by atoms with E-state index in [-0.39, 0.29) is 26.1 Å². The third-order valence-corrected chi connectivity index (χ3v) is 5.22. The SMILES string of the molecule is CN[C@@H]1CN(c2nc3ccc(F)cc3n2Cc2ccc(C#N)cn2)CCC1(F)F. The van der Waals surface area contributed by atoms with Gasteiger partial charge in [-0.25, -0.2) is 18.2 Å². The van der Waals surface area contributed by atoms with Gasteiger partial charge in [0.2, 0.25) is 5.95 Å². The number of halogens is 3. The molecule has 0 amide bonds. The molecule has 4 rings (SSSR count). The Morgan fingerprint density at radius 2 is 2.14 bits per heavy atom. The molecule has 1 aliphatic heterocycles. The van der Waals surface area contributed by atoms with Crippen molar-refractivity contribution in [2.24, 2.45) is 0 Å². The zero-order valence-electron chi connectivity index (χ0n) is 15.7. The summed E-state index contributed by atoms with van der Waals surface area (Å²) in [6.07, 6.45) is 1.17. The Morgan fingerprint density at radius 3 is 2.83 bits per heavy atom. The van der Waals surface area contributed by atoms with Gasteiger partial charge in [0.15, 0.2) is 0 Å². The Balaban J connectivity index is 1.75. The van der Waals surface area contributed by atoms with Crippen LogP contribution in [0.1, 0.15) is 17.7 Å². The average Bonchev–Trinajstić information content (AvgIpc) is 3.06. The second-order valence-electron chi connectivity index (χ2n) is 7.08. The fourth-order valence-corrected chi connectivity index (χ4v) is 3.61. The van der Waals surface area contributed by atoms with E-state index in [4.69, 9.17) is 5.26 Å². The van der Waals surface area contributed by atoms with Crippen molar-refractivity contribution in [2.45, 2.75) is 24.9 Å². The lowest BCUT2D eigenvalue weighted by atomic mass is 10.0. The van der Waals surface area contributed by atoms with Crippen molar-refractivity contribution < 1.29 is 13.2 Å². The first-order valence-corrected chi connectivity index (χ1v) is 9.22. The highest BCUT2D eigenvalue weighted by atomic mass is 19.3. The minimum absolute atomic E-state index is 0.0795. The molecule has 2 aromatic heterocycles. The summed E-state index contributed by atoms with van der Waals surface area (Å²) in [6.45, 7) is 0.492. The van der Waals surface area contributed by atoms with Gasteiger partial charge in [-0.3, -0.25) is 4.98 Å². The van der Waals surface area contributed by atoms with E-state index < -0.39 is 17.8 Å². The van der Waals surface area contributed by atoms with E-state index >= 15 is 0 Å². The Bertz CT molecular complexity index is 1070. The molecular formula is C20H19F3N6. The first-order chi connectivity index (χ1) is 13.9. The molecule has 1 atom stereocenters. The topological polar surface area (TPSA) is 69.8 Å². The minimum atomic E-state index is -2.80. The first-order valence-electron chi connectivity index (χ1n) is 9.22. The molecule has 3 aromatic rings. The summed E-state index contributed by atoms with van der Waals surface area (Å²) in [5.74, 6) is -2.72. The standard InChI is InChI=1S/C20H19F3N6/c1-25-18-12-28(7-6-20(18,22)23)19-27-16-5-3-14(21)8-17(16)29(19)11-15-4-2-13(9-24)10-26-15/h2-5,8,10,18,25H,6-7,11-12H2,1H3/t18-/m1/s1. The number of rotatable bonds is 4. The van der Waals surface area contributed by atoms with Crippen molar-refractivity contribution in [3.8, 4) is 6.07 Å². The van der Waals surface area contributed by atoms with Gasteiger partial charge in [-0.2, -0.15) is 5.26 Å². The number of aromatic nitrogens is 3. The van der Waals surface area contributed by atoms with Gasteiger partial charge in [-0.15, -0.1) is 0 Å². The molecule has 6 nitrogen and oxygen atoms in total. The van der Waals surface area contributed by atoms with Gasteiger partial charge in [0.05, 0.1) is 34.9 Å². The van der Waals surface area contributed by atoms with E-state index in [0.29, 0.717) is 28.2 Å². The van der Waals surface area contributed by atoms with Gasteiger partial charge in [0.1, 0.15) is 11.9 Å². The van der Waals surface area contributed by atoms with Crippen LogP contribution in [-0.4, -0.2) is 46.6 Å². The van der Waals surface area contributed by atoms with Crippen LogP contribution in [0.3, 0.4) is 0 Å². The number of alkyl halides is 2. The number of anilines is 1. The third kappa shape index (κ3) is 3.63. The monoisotopic (exact) mass is 400 g/mol. The molecular weight excluding hydrogens is 381 g/mol. The summed E-state index contributed by atoms with van der Waals surface area (Å²) in [5.41, 5.74) is 2.23. The molecule has 0 unspecified atom stereocenters. The molecule has 0 bridgehead atoms. The predicted molar refractivity (Wildman–Crippen MR) is 102 cm³/mol. The second-order valence-corrected chi connectivity index (χ2v) is 7.08. The Kier molecular flexibility index (Phi) is 4.88. The van der Waals surface area contributed by atoms with Crippen molar-refractivity contribution >= 4 is 17.0 Å². The fraction of sp³-hybridized carbons (Fsp3) is 0.350. The van der Waals surface area contributed by atoms with E-state index in [9.17, 15) is 13.2 Å². The van der Waals surface area contributed by atoms with Crippen molar-refractivity contribution in [2.75, 3.05) is 25.0 Å². The van der Waals surface area contributed by atoms with E-state index in [1.54, 1.807) is 27.7 Å². The number of likely N-dealkylation sites (N-methyl/N-ethyl adjacent to an activating group) is 1. The van der Waals surface area contributed by atoms with Crippen LogP contribution in [0.4, 0.5) is 19.1 Å². The highest BCUT2D eigenvalue weighted by molar-refractivity contribution is 5.79. The summed E-state index contributed by atoms with van der Waals surface area (Å²) in [6, 6.07) is 8.66. The quantitative estimate of drug-likeness (QED) is 0.729. The Labute approximate surface area is 165 Å². The van der Waals surface area contributed by atoms with Crippen LogP contribution in [0, 0.1) is 17.1 Å². The van der Waals surface area contributed by atoms with E-state index in [1.165, 1.54) is 25.4 Å². The molecule has 1 fully saturated rings. The van der Waals surface area contributed by atoms with Crippen molar-refractivity contribution in [3.05, 3.63) is 53.6 Å². The maximum absolute atomic E-state index is 14.1. The zero-order valence-corrected chi connectivity index (χ0v) is 15.7. The number of imidazole rings is 1. The summed E-state index contributed by atoms with van der Waals surface area (Å²) < 4.78 is 44.0. The van der Waals surface area contributed by atoms with Crippen molar-refractivity contribution in [3.63, 3.8) is 0 Å². The molecule has 1 aromatic carbocycles. The van der Waals surface area contributed by atoms with Crippen LogP contribution in [0.5, 0.6) is 0 Å². The van der Waals surface area contributed by atoms with Crippen molar-refractivity contribution in [1.29, 1.82) is 5.26 Å². The first kappa shape index (κ1) is 19.2. The van der Waals surface area contributed by atoms with Crippen LogP contribution in [0.25, 0.3) is 11.0 Å². The minimum Gasteiger partial charge on any atom is -0.340 e. The fourth-order valence-electron chi connectivity index (χ4n) is 3.61. The number of hydrogen-bond donors (Lipinski definition) is 1. The number of fused-ring (bicyclic) bond motifs is 1. The van der Waals surface area contributed by atoms with Gasteiger partial charge in [-0.1, -0.05) is 0 Å². The molecule has 0 radical (unpaired) electrons. The highest BCUT2D eigenvalue weighted by Gasteiger charge is 2.44. The Morgan fingerprint density at radius 1 is 1.31 bits per heavy atom. The van der Waals surface area contributed by atoms with E-state index in [1.807, 2.05) is 6.07 Å². The van der Waals surface area contributed by atoms with Gasteiger partial charge in [0, 0.05) is 25.7 Å². The van der Waals surface area contributed by atoms with Crippen molar-refractivity contribution in [1.82, 2.24) is 19.9 Å². The Hall–Kier alpha value is -3.12. The van der Waals surface area contributed by atoms with E-state index in [2.05, 4.69) is 15.3 Å². The van der Waals surface area contributed by atoms with Gasteiger partial charge in [-0.05, 0) is 37.4 Å². The molecule has 0 aliphatic carbocycles. The largest absolute Gasteiger partial charge is 0.340 e. The molecule has 1 aliphatic rings. The molecule has 0 saturated carbocycles. The molecule has 0 spiro atoms. The maximum atomic E-state index is 14.1. The van der Waals surface area contributed by atoms with Gasteiger partial charge in [0.25, 0.3) is 5.92 Å². The van der Waals surface area contributed by atoms with Crippen LogP contribution < -0.4 is 10.2 Å². The average molecular weight is 400 g/mol. The number of hydrogen-bond acceptors (Lipinski definition) is 5. The number of piperidine rings is 1. The number of benzene rings is 1. The van der Waals surface area contributed by atoms with Crippen LogP contribution in [0.15, 0.2) is 36.5 Å². The third-order valence-electron chi connectivity index (χ3n) is 5.22. The molecule has 9 heteroatoms. The number of nitrogens with zero attached hydrogens (tertiary/aromatic N) is 5. The number of nitrogens with one attached hydrogen (secondary N) is 1. The molecule has 150 valence electrons. The number of nitriles is 1. The lowest BCUT2D eigenvalue weighted by Gasteiger charge is -2.38. The molecule has 29 heavy (non-hydrogen) atoms. The van der Waals surface area contributed by atoms with Crippen LogP contribution in [0.2, 0.25) is 0 Å². The summed E-state index contributed by atoms with van der Waals surface area (Å²) in [5, 5.41) is 11.6. The molecule has 3 heterocycles. The molecule has 1 saturated heterocycles. The van der Waals surface area contributed by atoms with Crippen LogP contribution in [-0.2, 0) is 6.54 Å². The summed E-state index contributed by atoms with van der Waals surface area (Å²) >= 11 is 0. The van der Waals surface area contributed by atoms with Gasteiger partial charge < -0.3 is 14.8 Å². The second kappa shape index (κ2) is 7.37. The summed E-state index contributed by atoms with van der Waals surface area (Å²) in [4.78, 5) is 10.7. The predicted octanol–water partition coefficient (Wildman–Crippen LogP) is 2.92. The van der Waals surface area contributed by atoms with E-state index in [0.717, 1.165) is 0 Å². The molecule has 1 N–H and O–H groups in total. The zero-order chi connectivity index (χ0) is 20.6.